The van der Waals surface area contributed by atoms with Gasteiger partial charge >= 0.3 is 0 Å². The highest BCUT2D eigenvalue weighted by molar-refractivity contribution is 5.15. The summed E-state index contributed by atoms with van der Waals surface area (Å²) in [6.45, 7) is 6.01. The monoisotopic (exact) mass is 238 g/mol. The van der Waals surface area contributed by atoms with Crippen molar-refractivity contribution in [3.8, 4) is 0 Å². The minimum absolute atomic E-state index is 0.187. The molecule has 2 atom stereocenters. The average molecular weight is 238 g/mol. The number of halogens is 1. The van der Waals surface area contributed by atoms with Crippen LogP contribution in [0.4, 0.5) is 4.39 Å². The number of nitrogens with zero attached hydrogens (tertiary/aromatic N) is 1. The Morgan fingerprint density at radius 1 is 1.29 bits per heavy atom. The third kappa shape index (κ3) is 4.84. The maximum atomic E-state index is 12.8. The van der Waals surface area contributed by atoms with Crippen LogP contribution in [0.15, 0.2) is 24.3 Å². The summed E-state index contributed by atoms with van der Waals surface area (Å²) in [5.74, 6) is 0.346. The van der Waals surface area contributed by atoms with Crippen molar-refractivity contribution < 1.29 is 4.39 Å². The van der Waals surface area contributed by atoms with Crippen LogP contribution in [0.3, 0.4) is 0 Å². The highest BCUT2D eigenvalue weighted by Gasteiger charge is 2.13. The minimum atomic E-state index is -0.187. The lowest BCUT2D eigenvalue weighted by atomic mass is 9.99. The van der Waals surface area contributed by atoms with Crippen molar-refractivity contribution in [2.75, 3.05) is 13.6 Å². The molecule has 3 heteroatoms. The van der Waals surface area contributed by atoms with Gasteiger partial charge in [0, 0.05) is 19.1 Å². The molecule has 0 saturated carbocycles. The van der Waals surface area contributed by atoms with Gasteiger partial charge in [0.25, 0.3) is 0 Å². The van der Waals surface area contributed by atoms with Crippen molar-refractivity contribution >= 4 is 0 Å². The number of likely N-dealkylation sites (N-methyl/N-ethyl adjacent to an activating group) is 1. The van der Waals surface area contributed by atoms with E-state index in [1.165, 1.54) is 12.1 Å². The molecule has 0 aliphatic carbocycles. The van der Waals surface area contributed by atoms with Gasteiger partial charge in [-0.05, 0) is 30.7 Å². The predicted molar refractivity (Wildman–Crippen MR) is 70.2 cm³/mol. The quantitative estimate of drug-likeness (QED) is 0.825. The molecule has 1 aromatic carbocycles. The van der Waals surface area contributed by atoms with E-state index in [0.29, 0.717) is 5.92 Å². The lowest BCUT2D eigenvalue weighted by molar-refractivity contribution is 0.267. The molecule has 1 rings (SSSR count). The van der Waals surface area contributed by atoms with E-state index in [1.54, 1.807) is 0 Å². The second-order valence-electron chi connectivity index (χ2n) is 4.87. The molecule has 0 amide bonds. The van der Waals surface area contributed by atoms with Gasteiger partial charge in [0.2, 0.25) is 0 Å². The molecular weight excluding hydrogens is 215 g/mol. The Morgan fingerprint density at radius 2 is 1.88 bits per heavy atom. The maximum Gasteiger partial charge on any atom is 0.123 e. The van der Waals surface area contributed by atoms with E-state index in [2.05, 4.69) is 18.7 Å². The lowest BCUT2D eigenvalue weighted by Crippen LogP contribution is -2.39. The fourth-order valence-corrected chi connectivity index (χ4v) is 1.81. The first-order chi connectivity index (χ1) is 8.02. The largest absolute Gasteiger partial charge is 0.326 e. The first-order valence-corrected chi connectivity index (χ1v) is 6.21. The molecule has 0 saturated heterocycles. The lowest BCUT2D eigenvalue weighted by Gasteiger charge is -2.25. The van der Waals surface area contributed by atoms with E-state index in [9.17, 15) is 4.39 Å². The summed E-state index contributed by atoms with van der Waals surface area (Å²) in [4.78, 5) is 2.18. The van der Waals surface area contributed by atoms with E-state index < -0.39 is 0 Å². The van der Waals surface area contributed by atoms with Gasteiger partial charge in [-0.3, -0.25) is 0 Å². The summed E-state index contributed by atoms with van der Waals surface area (Å²) in [5, 5.41) is 0. The zero-order valence-electron chi connectivity index (χ0n) is 11.0. The van der Waals surface area contributed by atoms with Gasteiger partial charge in [-0.25, -0.2) is 4.39 Å². The number of hydrogen-bond acceptors (Lipinski definition) is 2. The zero-order chi connectivity index (χ0) is 12.8. The molecular formula is C14H23FN2. The van der Waals surface area contributed by atoms with E-state index in [0.717, 1.165) is 25.1 Å². The molecule has 1 aromatic rings. The summed E-state index contributed by atoms with van der Waals surface area (Å²) in [6.07, 6.45) is 1.10. The number of benzene rings is 1. The Kier molecular flexibility index (Phi) is 5.59. The standard InChI is InChI=1S/C14H23FN2/c1-4-11(2)14(16)10-17(3)9-12-5-7-13(15)8-6-12/h5-8,11,14H,4,9-10,16H2,1-3H3. The molecule has 2 N–H and O–H groups in total. The fraction of sp³-hybridized carbons (Fsp3) is 0.571. The first-order valence-electron chi connectivity index (χ1n) is 6.21. The minimum Gasteiger partial charge on any atom is -0.326 e. The van der Waals surface area contributed by atoms with Crippen molar-refractivity contribution in [3.63, 3.8) is 0 Å². The second-order valence-corrected chi connectivity index (χ2v) is 4.87. The molecule has 0 spiro atoms. The Labute approximate surface area is 104 Å². The van der Waals surface area contributed by atoms with Crippen LogP contribution in [0.5, 0.6) is 0 Å². The number of nitrogens with two attached hydrogens (primary N) is 1. The molecule has 2 unspecified atom stereocenters. The van der Waals surface area contributed by atoms with Gasteiger partial charge < -0.3 is 10.6 Å². The Bertz CT molecular complexity index is 323. The van der Waals surface area contributed by atoms with Crippen LogP contribution in [0, 0.1) is 11.7 Å². The summed E-state index contributed by atoms with van der Waals surface area (Å²) in [5.41, 5.74) is 7.22. The summed E-state index contributed by atoms with van der Waals surface area (Å²) < 4.78 is 12.8. The van der Waals surface area contributed by atoms with Gasteiger partial charge in [-0.1, -0.05) is 32.4 Å². The van der Waals surface area contributed by atoms with Crippen LogP contribution in [-0.2, 0) is 6.54 Å². The van der Waals surface area contributed by atoms with Gasteiger partial charge in [0.1, 0.15) is 5.82 Å². The Hall–Kier alpha value is -0.930. The average Bonchev–Trinajstić information content (AvgIpc) is 2.30. The molecule has 2 nitrogen and oxygen atoms in total. The van der Waals surface area contributed by atoms with Crippen LogP contribution >= 0.6 is 0 Å². The van der Waals surface area contributed by atoms with Crippen LogP contribution in [0.25, 0.3) is 0 Å². The maximum absolute atomic E-state index is 12.8. The van der Waals surface area contributed by atoms with Crippen molar-refractivity contribution in [2.45, 2.75) is 32.9 Å². The summed E-state index contributed by atoms with van der Waals surface area (Å²) in [7, 11) is 2.05. The smallest absolute Gasteiger partial charge is 0.123 e. The molecule has 17 heavy (non-hydrogen) atoms. The van der Waals surface area contributed by atoms with Crippen molar-refractivity contribution in [2.24, 2.45) is 11.7 Å². The third-order valence-electron chi connectivity index (χ3n) is 3.26. The molecule has 0 fully saturated rings. The van der Waals surface area contributed by atoms with Gasteiger partial charge in [0.15, 0.2) is 0 Å². The van der Waals surface area contributed by atoms with Gasteiger partial charge in [0.05, 0.1) is 0 Å². The topological polar surface area (TPSA) is 29.3 Å². The van der Waals surface area contributed by atoms with E-state index in [-0.39, 0.29) is 11.9 Å². The van der Waals surface area contributed by atoms with Crippen LogP contribution in [0.1, 0.15) is 25.8 Å². The summed E-state index contributed by atoms with van der Waals surface area (Å²) in [6, 6.07) is 6.84. The van der Waals surface area contributed by atoms with E-state index in [1.807, 2.05) is 19.2 Å². The van der Waals surface area contributed by atoms with Gasteiger partial charge in [-0.2, -0.15) is 0 Å². The molecule has 0 bridgehead atoms. The molecule has 0 aliphatic rings. The van der Waals surface area contributed by atoms with E-state index in [4.69, 9.17) is 5.73 Å². The van der Waals surface area contributed by atoms with E-state index >= 15 is 0 Å². The van der Waals surface area contributed by atoms with Crippen LogP contribution in [-0.4, -0.2) is 24.5 Å². The highest BCUT2D eigenvalue weighted by Crippen LogP contribution is 2.09. The first kappa shape index (κ1) is 14.1. The van der Waals surface area contributed by atoms with Crippen molar-refractivity contribution in [1.82, 2.24) is 4.90 Å². The fourth-order valence-electron chi connectivity index (χ4n) is 1.81. The summed E-state index contributed by atoms with van der Waals surface area (Å²) >= 11 is 0. The second kappa shape index (κ2) is 6.72. The molecule has 0 radical (unpaired) electrons. The van der Waals surface area contributed by atoms with Crippen LogP contribution < -0.4 is 5.73 Å². The molecule has 0 aromatic heterocycles. The Morgan fingerprint density at radius 3 is 2.41 bits per heavy atom. The van der Waals surface area contributed by atoms with Crippen molar-refractivity contribution in [3.05, 3.63) is 35.6 Å². The predicted octanol–water partition coefficient (Wildman–Crippen LogP) is 2.63. The van der Waals surface area contributed by atoms with Crippen molar-refractivity contribution in [1.29, 1.82) is 0 Å². The Balaban J connectivity index is 2.44. The SMILES string of the molecule is CCC(C)C(N)CN(C)Cc1ccc(F)cc1. The zero-order valence-corrected chi connectivity index (χ0v) is 11.0. The van der Waals surface area contributed by atoms with Gasteiger partial charge in [-0.15, -0.1) is 0 Å². The molecule has 96 valence electrons. The normalized spacial score (nSPS) is 14.9. The highest BCUT2D eigenvalue weighted by atomic mass is 19.1. The molecule has 0 heterocycles. The number of hydrogen-bond donors (Lipinski definition) is 1. The third-order valence-corrected chi connectivity index (χ3v) is 3.26. The molecule has 0 aliphatic heterocycles. The number of rotatable bonds is 6. The van der Waals surface area contributed by atoms with Crippen LogP contribution in [0.2, 0.25) is 0 Å².